The summed E-state index contributed by atoms with van der Waals surface area (Å²) in [5.74, 6) is -2.24. The molecule has 0 spiro atoms. The van der Waals surface area contributed by atoms with Gasteiger partial charge in [-0.3, -0.25) is 9.35 Å². The van der Waals surface area contributed by atoms with Gasteiger partial charge in [-0.1, -0.05) is 96.8 Å². The average molecular weight is 1070 g/mol. The molecule has 6 atom stereocenters. The van der Waals surface area contributed by atoms with Gasteiger partial charge >= 0.3 is 11.9 Å². The van der Waals surface area contributed by atoms with Crippen molar-refractivity contribution in [3.05, 3.63) is 28.4 Å². The predicted octanol–water partition coefficient (Wildman–Crippen LogP) is 6.54. The molecule has 1 aromatic carbocycles. The van der Waals surface area contributed by atoms with Crippen molar-refractivity contribution in [3.8, 4) is 0 Å². The van der Waals surface area contributed by atoms with E-state index in [4.69, 9.17) is 18.9 Å². The summed E-state index contributed by atoms with van der Waals surface area (Å²) in [7, 11) is -4.61. The van der Waals surface area contributed by atoms with Crippen LogP contribution in [0.3, 0.4) is 0 Å². The van der Waals surface area contributed by atoms with E-state index in [1.54, 1.807) is 6.07 Å². The first-order valence-corrected chi connectivity index (χ1v) is 22.4. The molecule has 288 valence electrons. The fourth-order valence-corrected chi connectivity index (χ4v) is 8.60. The number of aliphatic hydroxyl groups excluding tert-OH is 3. The SMILES string of the molecule is CCCCCCCCCCCCCCCCCC(=O)OCC(COC1OC(CS(=O)(=O)O)C(O)C(O)C1O)OC(=O)c1cc(I)cc(I)c1I. The topological polar surface area (TPSA) is 186 Å². The molecule has 0 bridgehead atoms. The molecule has 0 aromatic heterocycles. The average Bonchev–Trinajstić information content (AvgIpc) is 3.05. The first-order valence-electron chi connectivity index (χ1n) is 17.5. The predicted molar refractivity (Wildman–Crippen MR) is 213 cm³/mol. The van der Waals surface area contributed by atoms with E-state index in [0.717, 1.165) is 26.4 Å². The van der Waals surface area contributed by atoms with E-state index in [2.05, 4.69) is 52.1 Å². The number of carbonyl (C=O) groups excluding carboxylic acids is 2. The minimum Gasteiger partial charge on any atom is -0.462 e. The van der Waals surface area contributed by atoms with Gasteiger partial charge < -0.3 is 34.3 Å². The molecule has 1 aliphatic heterocycles. The van der Waals surface area contributed by atoms with Gasteiger partial charge in [-0.2, -0.15) is 8.42 Å². The van der Waals surface area contributed by atoms with Crippen molar-refractivity contribution >= 4 is 89.8 Å². The van der Waals surface area contributed by atoms with Crippen LogP contribution in [0, 0.1) is 10.7 Å². The molecular weight excluding hydrogens is 1010 g/mol. The summed E-state index contributed by atoms with van der Waals surface area (Å²) in [4.78, 5) is 25.8. The number of benzene rings is 1. The molecular formula is C34H53I3O12S. The van der Waals surface area contributed by atoms with Gasteiger partial charge in [-0.05, 0) is 86.3 Å². The Morgan fingerprint density at radius 2 is 1.34 bits per heavy atom. The Balaban J connectivity index is 1.83. The summed E-state index contributed by atoms with van der Waals surface area (Å²) in [5.41, 5.74) is 0.289. The summed E-state index contributed by atoms with van der Waals surface area (Å²) in [6, 6.07) is 3.55. The molecule has 2 rings (SSSR count). The number of hydrogen-bond donors (Lipinski definition) is 4. The van der Waals surface area contributed by atoms with E-state index >= 15 is 0 Å². The molecule has 1 aliphatic rings. The van der Waals surface area contributed by atoms with E-state index in [0.29, 0.717) is 9.99 Å². The molecule has 4 N–H and O–H groups in total. The monoisotopic (exact) mass is 1070 g/mol. The maximum absolute atomic E-state index is 13.2. The van der Waals surface area contributed by atoms with Crippen LogP contribution in [0.15, 0.2) is 12.1 Å². The number of carbonyl (C=O) groups is 2. The molecule has 0 saturated carbocycles. The van der Waals surface area contributed by atoms with Crippen molar-refractivity contribution in [2.24, 2.45) is 0 Å². The normalized spacial score (nSPS) is 21.6. The summed E-state index contributed by atoms with van der Waals surface area (Å²) in [6.07, 6.45) is 8.38. The molecule has 1 saturated heterocycles. The smallest absolute Gasteiger partial charge is 0.339 e. The van der Waals surface area contributed by atoms with Gasteiger partial charge in [-0.15, -0.1) is 0 Å². The zero-order valence-electron chi connectivity index (χ0n) is 28.7. The summed E-state index contributed by atoms with van der Waals surface area (Å²) in [5, 5.41) is 30.8. The highest BCUT2D eigenvalue weighted by Gasteiger charge is 2.46. The number of hydrogen-bond acceptors (Lipinski definition) is 11. The van der Waals surface area contributed by atoms with Crippen molar-refractivity contribution < 1.29 is 56.8 Å². The standard InChI is InChI=1S/C34H53I3O12S/c1-2-3-4-5-6-7-8-9-10-11-12-13-14-15-16-17-28(38)46-20-24(48-33(42)25-18-23(35)19-26(36)29(25)37)21-47-34-32(41)31(40)30(39)27(49-34)22-50(43,44)45/h18-19,24,27,30-32,34,39-41H,2-17,20-22H2,1H3,(H,43,44,45). The lowest BCUT2D eigenvalue weighted by atomic mass is 10.00. The van der Waals surface area contributed by atoms with Crippen molar-refractivity contribution in [1.82, 2.24) is 0 Å². The van der Waals surface area contributed by atoms with Crippen molar-refractivity contribution in [1.29, 1.82) is 0 Å². The van der Waals surface area contributed by atoms with Crippen molar-refractivity contribution in [2.75, 3.05) is 19.0 Å². The van der Waals surface area contributed by atoms with Crippen LogP contribution in [0.4, 0.5) is 0 Å². The van der Waals surface area contributed by atoms with Crippen LogP contribution >= 0.6 is 67.8 Å². The van der Waals surface area contributed by atoms with Crippen LogP contribution in [0.1, 0.15) is 120 Å². The van der Waals surface area contributed by atoms with Crippen LogP contribution in [-0.2, 0) is 33.9 Å². The number of esters is 2. The van der Waals surface area contributed by atoms with E-state index in [9.17, 15) is 37.9 Å². The number of aliphatic hydroxyl groups is 3. The van der Waals surface area contributed by atoms with Gasteiger partial charge in [-0.25, -0.2) is 4.79 Å². The maximum Gasteiger partial charge on any atom is 0.339 e. The molecule has 0 radical (unpaired) electrons. The van der Waals surface area contributed by atoms with Gasteiger partial charge in [0.2, 0.25) is 0 Å². The molecule has 1 heterocycles. The lowest BCUT2D eigenvalue weighted by Crippen LogP contribution is -2.60. The summed E-state index contributed by atoms with van der Waals surface area (Å²) < 4.78 is 56.2. The molecule has 50 heavy (non-hydrogen) atoms. The third kappa shape index (κ3) is 18.4. The van der Waals surface area contributed by atoms with E-state index in [-0.39, 0.29) is 18.6 Å². The first-order chi connectivity index (χ1) is 23.7. The molecule has 1 fully saturated rings. The Hall–Kier alpha value is 0.0600. The van der Waals surface area contributed by atoms with Crippen LogP contribution < -0.4 is 0 Å². The second-order valence-corrected chi connectivity index (χ2v) is 17.7. The number of unbranched alkanes of at least 4 members (excludes halogenated alkanes) is 14. The molecule has 6 unspecified atom stereocenters. The lowest BCUT2D eigenvalue weighted by Gasteiger charge is -2.40. The second kappa shape index (κ2) is 25.2. The quantitative estimate of drug-likeness (QED) is 0.0273. The van der Waals surface area contributed by atoms with E-state index in [1.165, 1.54) is 70.6 Å². The highest BCUT2D eigenvalue weighted by molar-refractivity contribution is 14.1. The third-order valence-corrected chi connectivity index (χ3v) is 12.8. The summed E-state index contributed by atoms with van der Waals surface area (Å²) in [6.45, 7) is 1.39. The largest absolute Gasteiger partial charge is 0.462 e. The number of rotatable bonds is 25. The van der Waals surface area contributed by atoms with E-state index in [1.807, 2.05) is 28.7 Å². The van der Waals surface area contributed by atoms with E-state index < -0.39 is 71.2 Å². The van der Waals surface area contributed by atoms with Crippen LogP contribution in [0.25, 0.3) is 0 Å². The lowest BCUT2D eigenvalue weighted by molar-refractivity contribution is -0.296. The number of ether oxygens (including phenoxy) is 4. The van der Waals surface area contributed by atoms with Gasteiger partial charge in [0, 0.05) is 17.1 Å². The Bertz CT molecular complexity index is 1270. The van der Waals surface area contributed by atoms with Gasteiger partial charge in [0.1, 0.15) is 36.8 Å². The van der Waals surface area contributed by atoms with Crippen molar-refractivity contribution in [2.45, 2.75) is 146 Å². The Morgan fingerprint density at radius 1 is 0.800 bits per heavy atom. The fourth-order valence-electron chi connectivity index (χ4n) is 5.54. The zero-order chi connectivity index (χ0) is 37.1. The highest BCUT2D eigenvalue weighted by atomic mass is 127. The molecule has 1 aromatic rings. The summed E-state index contributed by atoms with van der Waals surface area (Å²) >= 11 is 6.21. The Kier molecular flexibility index (Phi) is 23.3. The van der Waals surface area contributed by atoms with Crippen LogP contribution in [-0.4, -0.2) is 96.0 Å². The zero-order valence-corrected chi connectivity index (χ0v) is 35.9. The minimum atomic E-state index is -4.61. The fraction of sp³-hybridized carbons (Fsp3) is 0.765. The van der Waals surface area contributed by atoms with Gasteiger partial charge in [0.25, 0.3) is 10.1 Å². The minimum absolute atomic E-state index is 0.193. The van der Waals surface area contributed by atoms with Crippen molar-refractivity contribution in [3.63, 3.8) is 0 Å². The first kappa shape index (κ1) is 46.2. The Morgan fingerprint density at radius 3 is 1.88 bits per heavy atom. The van der Waals surface area contributed by atoms with Crippen LogP contribution in [0.5, 0.6) is 0 Å². The molecule has 0 aliphatic carbocycles. The number of halogens is 3. The Labute approximate surface area is 337 Å². The van der Waals surface area contributed by atoms with Crippen LogP contribution in [0.2, 0.25) is 0 Å². The van der Waals surface area contributed by atoms with Gasteiger partial charge in [0.05, 0.1) is 12.2 Å². The molecule has 16 heteroatoms. The third-order valence-electron chi connectivity index (χ3n) is 8.39. The maximum atomic E-state index is 13.2. The highest BCUT2D eigenvalue weighted by Crippen LogP contribution is 2.26. The molecule has 0 amide bonds. The molecule has 12 nitrogen and oxygen atoms in total. The second-order valence-electron chi connectivity index (χ2n) is 12.8. The van der Waals surface area contributed by atoms with Gasteiger partial charge in [0.15, 0.2) is 12.4 Å².